The molecule has 0 fully saturated rings. The van der Waals surface area contributed by atoms with Crippen LogP contribution < -0.4 is 0 Å². The van der Waals surface area contributed by atoms with Crippen molar-refractivity contribution in [1.82, 2.24) is 20.2 Å². The van der Waals surface area contributed by atoms with Gasteiger partial charge in [0.15, 0.2) is 0 Å². The zero-order chi connectivity index (χ0) is 14.4. The van der Waals surface area contributed by atoms with Crippen molar-refractivity contribution in [2.24, 2.45) is 0 Å². The molecule has 106 valence electrons. The molecule has 0 amide bonds. The van der Waals surface area contributed by atoms with Crippen LogP contribution >= 0.6 is 0 Å². The Kier molecular flexibility index (Phi) is 5.04. The van der Waals surface area contributed by atoms with Gasteiger partial charge in [-0.05, 0) is 36.6 Å². The minimum atomic E-state index is 0.700. The van der Waals surface area contributed by atoms with Crippen molar-refractivity contribution in [2.75, 3.05) is 0 Å². The highest BCUT2D eigenvalue weighted by Gasteiger charge is 2.06. The molecule has 2 aromatic rings. The number of aromatic nitrogens is 4. The van der Waals surface area contributed by atoms with E-state index in [9.17, 15) is 0 Å². The quantitative estimate of drug-likeness (QED) is 0.746. The van der Waals surface area contributed by atoms with Gasteiger partial charge in [0.25, 0.3) is 0 Å². The molecule has 0 aliphatic rings. The molecule has 2 rings (SSSR count). The smallest absolute Gasteiger partial charge is 0.164 e. The number of hydrogen-bond donors (Lipinski definition) is 0. The Morgan fingerprint density at radius 3 is 2.60 bits per heavy atom. The maximum Gasteiger partial charge on any atom is 0.204 e. The molecule has 0 atom stereocenters. The number of nitrogens with zero attached hydrogens (tertiary/aromatic N) is 4. The van der Waals surface area contributed by atoms with Crippen LogP contribution in [0.25, 0.3) is 17.0 Å². The van der Waals surface area contributed by atoms with Crippen molar-refractivity contribution >= 4 is 5.57 Å². The lowest BCUT2D eigenvalue weighted by Gasteiger charge is -2.01. The summed E-state index contributed by atoms with van der Waals surface area (Å²) in [6, 6.07) is 8.30. The minimum absolute atomic E-state index is 0.700. The second-order valence-corrected chi connectivity index (χ2v) is 4.97. The number of benzene rings is 1. The van der Waals surface area contributed by atoms with Crippen LogP contribution in [0.3, 0.4) is 0 Å². The highest BCUT2D eigenvalue weighted by atomic mass is 15.6. The summed E-state index contributed by atoms with van der Waals surface area (Å²) in [6.45, 7) is 7.19. The fourth-order valence-corrected chi connectivity index (χ4v) is 2.01. The predicted octanol–water partition coefficient (Wildman–Crippen LogP) is 3.95. The molecule has 1 aromatic heterocycles. The summed E-state index contributed by atoms with van der Waals surface area (Å²) in [5.74, 6) is 0.700. The van der Waals surface area contributed by atoms with Crippen LogP contribution in [-0.2, 0) is 6.54 Å². The van der Waals surface area contributed by atoms with Gasteiger partial charge in [0, 0.05) is 5.56 Å². The van der Waals surface area contributed by atoms with Gasteiger partial charge in [0.05, 0.1) is 6.54 Å². The van der Waals surface area contributed by atoms with Gasteiger partial charge in [-0.2, -0.15) is 4.80 Å². The van der Waals surface area contributed by atoms with E-state index in [-0.39, 0.29) is 0 Å². The van der Waals surface area contributed by atoms with Crippen molar-refractivity contribution < 1.29 is 0 Å². The molecular weight excluding hydrogens is 248 g/mol. The first-order chi connectivity index (χ1) is 9.74. The number of allylic oxidation sites excluding steroid dienone is 2. The summed E-state index contributed by atoms with van der Waals surface area (Å²) in [6.07, 6.45) is 5.62. The normalized spacial score (nSPS) is 11.8. The zero-order valence-electron chi connectivity index (χ0n) is 12.5. The van der Waals surface area contributed by atoms with E-state index in [0.29, 0.717) is 5.82 Å². The van der Waals surface area contributed by atoms with Crippen molar-refractivity contribution in [1.29, 1.82) is 0 Å². The van der Waals surface area contributed by atoms with E-state index in [1.807, 2.05) is 6.92 Å². The Hall–Kier alpha value is -1.97. The Morgan fingerprint density at radius 1 is 1.20 bits per heavy atom. The van der Waals surface area contributed by atoms with Crippen molar-refractivity contribution in [3.8, 4) is 11.4 Å². The molecular formula is C16H22N4. The van der Waals surface area contributed by atoms with Gasteiger partial charge in [-0.3, -0.25) is 0 Å². The van der Waals surface area contributed by atoms with Crippen LogP contribution in [0.1, 0.15) is 45.6 Å². The molecule has 0 aliphatic heterocycles. The van der Waals surface area contributed by atoms with Gasteiger partial charge in [-0.25, -0.2) is 0 Å². The molecule has 4 nitrogen and oxygen atoms in total. The Balaban J connectivity index is 2.08. The SMILES string of the molecule is C/C=C(/C)c1ccc(-c2nnn(CCCCC)n2)cc1. The minimum Gasteiger partial charge on any atom is -0.164 e. The summed E-state index contributed by atoms with van der Waals surface area (Å²) in [5, 5.41) is 12.7. The van der Waals surface area contributed by atoms with Crippen molar-refractivity contribution in [2.45, 2.75) is 46.6 Å². The summed E-state index contributed by atoms with van der Waals surface area (Å²) in [7, 11) is 0. The third kappa shape index (κ3) is 3.53. The summed E-state index contributed by atoms with van der Waals surface area (Å²) in [5.41, 5.74) is 3.51. The monoisotopic (exact) mass is 270 g/mol. The van der Waals surface area contributed by atoms with Gasteiger partial charge >= 0.3 is 0 Å². The molecule has 0 unspecified atom stereocenters. The Morgan fingerprint density at radius 2 is 1.95 bits per heavy atom. The first-order valence-electron chi connectivity index (χ1n) is 7.26. The lowest BCUT2D eigenvalue weighted by atomic mass is 10.1. The molecule has 0 N–H and O–H groups in total. The molecule has 20 heavy (non-hydrogen) atoms. The van der Waals surface area contributed by atoms with Crippen LogP contribution in [0.15, 0.2) is 30.3 Å². The number of tetrazole rings is 1. The van der Waals surface area contributed by atoms with E-state index in [1.54, 1.807) is 4.80 Å². The van der Waals surface area contributed by atoms with E-state index in [4.69, 9.17) is 0 Å². The molecule has 0 spiro atoms. The molecule has 0 bridgehead atoms. The second kappa shape index (κ2) is 6.98. The lowest BCUT2D eigenvalue weighted by Crippen LogP contribution is -2.02. The first-order valence-corrected chi connectivity index (χ1v) is 7.26. The standard InChI is InChI=1S/C16H22N4/c1-4-6-7-12-20-18-16(17-19-20)15-10-8-14(9-11-15)13(3)5-2/h5,8-11H,4,6-7,12H2,1-3H3/b13-5-. The van der Waals surface area contributed by atoms with Gasteiger partial charge < -0.3 is 0 Å². The highest BCUT2D eigenvalue weighted by molar-refractivity contribution is 5.66. The van der Waals surface area contributed by atoms with Crippen LogP contribution in [0.5, 0.6) is 0 Å². The fraction of sp³-hybridized carbons (Fsp3) is 0.438. The third-order valence-corrected chi connectivity index (χ3v) is 3.45. The summed E-state index contributed by atoms with van der Waals surface area (Å²) < 4.78 is 0. The van der Waals surface area contributed by atoms with Crippen LogP contribution in [0.2, 0.25) is 0 Å². The van der Waals surface area contributed by atoms with E-state index >= 15 is 0 Å². The molecule has 1 heterocycles. The molecule has 0 aliphatic carbocycles. The van der Waals surface area contributed by atoms with Gasteiger partial charge in [-0.1, -0.05) is 50.1 Å². The maximum absolute atomic E-state index is 4.43. The highest BCUT2D eigenvalue weighted by Crippen LogP contribution is 2.19. The van der Waals surface area contributed by atoms with Crippen molar-refractivity contribution in [3.05, 3.63) is 35.9 Å². The molecule has 0 saturated carbocycles. The van der Waals surface area contributed by atoms with Crippen LogP contribution in [0.4, 0.5) is 0 Å². The average Bonchev–Trinajstić information content (AvgIpc) is 2.96. The van der Waals surface area contributed by atoms with Gasteiger partial charge in [0.1, 0.15) is 0 Å². The molecule has 0 radical (unpaired) electrons. The molecule has 4 heteroatoms. The van der Waals surface area contributed by atoms with Crippen LogP contribution in [-0.4, -0.2) is 20.2 Å². The van der Waals surface area contributed by atoms with Gasteiger partial charge in [0.2, 0.25) is 5.82 Å². The van der Waals surface area contributed by atoms with Crippen molar-refractivity contribution in [3.63, 3.8) is 0 Å². The topological polar surface area (TPSA) is 43.6 Å². The van der Waals surface area contributed by atoms with E-state index in [0.717, 1.165) is 18.5 Å². The zero-order valence-corrected chi connectivity index (χ0v) is 12.5. The molecule has 1 aromatic carbocycles. The summed E-state index contributed by atoms with van der Waals surface area (Å²) >= 11 is 0. The fourth-order valence-electron chi connectivity index (χ4n) is 2.01. The lowest BCUT2D eigenvalue weighted by molar-refractivity contribution is 0.486. The largest absolute Gasteiger partial charge is 0.204 e. The maximum atomic E-state index is 4.43. The number of aryl methyl sites for hydroxylation is 1. The van der Waals surface area contributed by atoms with E-state index in [2.05, 4.69) is 59.6 Å². The number of rotatable bonds is 6. The average molecular weight is 270 g/mol. The van der Waals surface area contributed by atoms with E-state index < -0.39 is 0 Å². The van der Waals surface area contributed by atoms with Gasteiger partial charge in [-0.15, -0.1) is 10.2 Å². The second-order valence-electron chi connectivity index (χ2n) is 4.97. The Bertz CT molecular complexity index is 566. The van der Waals surface area contributed by atoms with Crippen LogP contribution in [0, 0.1) is 0 Å². The Labute approximate surface area is 120 Å². The third-order valence-electron chi connectivity index (χ3n) is 3.45. The molecule has 0 saturated heterocycles. The number of hydrogen-bond acceptors (Lipinski definition) is 3. The number of unbranched alkanes of at least 4 members (excludes halogenated alkanes) is 2. The van der Waals surface area contributed by atoms with E-state index in [1.165, 1.54) is 24.0 Å². The first kappa shape index (κ1) is 14.4. The predicted molar refractivity (Wildman–Crippen MR) is 82.1 cm³/mol. The summed E-state index contributed by atoms with van der Waals surface area (Å²) in [4.78, 5) is 1.69.